The maximum atomic E-state index is 9.58. The molecule has 1 aliphatic rings. The summed E-state index contributed by atoms with van der Waals surface area (Å²) in [6.45, 7) is 3.02. The zero-order valence-electron chi connectivity index (χ0n) is 11.5. The van der Waals surface area contributed by atoms with Gasteiger partial charge in [0.15, 0.2) is 0 Å². The Bertz CT molecular complexity index is 255. The molecule has 19 heavy (non-hydrogen) atoms. The molecule has 1 rings (SSSR count). The highest BCUT2D eigenvalue weighted by Gasteiger charge is 2.31. The number of hydrogen-bond donors (Lipinski definition) is 7. The van der Waals surface area contributed by atoms with Crippen LogP contribution in [0.5, 0.6) is 0 Å². The topological polar surface area (TPSA) is 146 Å². The van der Waals surface area contributed by atoms with Crippen LogP contribution in [-0.4, -0.2) is 65.6 Å². The molecule has 0 aromatic heterocycles. The Morgan fingerprint density at radius 3 is 2.53 bits per heavy atom. The quantitative estimate of drug-likeness (QED) is 0.230. The third kappa shape index (κ3) is 4.93. The van der Waals surface area contributed by atoms with E-state index in [2.05, 4.69) is 15.5 Å². The predicted octanol–water partition coefficient (Wildman–Crippen LogP) is -3.18. The molecule has 1 aliphatic heterocycles. The van der Waals surface area contributed by atoms with Crippen molar-refractivity contribution in [2.45, 2.75) is 50.6 Å². The van der Waals surface area contributed by atoms with Crippen LogP contribution in [0.4, 0.5) is 0 Å². The van der Waals surface area contributed by atoms with Gasteiger partial charge in [-0.1, -0.05) is 0 Å². The number of aliphatic hydroxyl groups excluding tert-OH is 2. The molecule has 0 bridgehead atoms. The minimum Gasteiger partial charge on any atom is -0.390 e. The third-order valence-corrected chi connectivity index (χ3v) is 3.43. The van der Waals surface area contributed by atoms with Gasteiger partial charge < -0.3 is 27.4 Å². The molecule has 0 amide bonds. The van der Waals surface area contributed by atoms with E-state index in [0.717, 1.165) is 19.4 Å². The van der Waals surface area contributed by atoms with Crippen LogP contribution in [0.25, 0.3) is 0 Å². The largest absolute Gasteiger partial charge is 0.390 e. The molecule has 114 valence electrons. The summed E-state index contributed by atoms with van der Waals surface area (Å²) in [5.41, 5.74) is 17.0. The Labute approximate surface area is 114 Å². The van der Waals surface area contributed by atoms with E-state index >= 15 is 0 Å². The molecule has 0 aromatic rings. The minimum atomic E-state index is -0.727. The summed E-state index contributed by atoms with van der Waals surface area (Å²) in [5, 5.41) is 25.2. The zero-order valence-corrected chi connectivity index (χ0v) is 11.5. The standard InChI is InChI=1S/C11H28N6O2/c1-7(18)11(14)16-9(5-12)17-4-2-3-8(17)15-10(19)6-13/h7-11,15-16,18-19H,2-6,12-14H2,1H3. The maximum Gasteiger partial charge on any atom is 0.118 e. The Kier molecular flexibility index (Phi) is 7.11. The van der Waals surface area contributed by atoms with Crippen LogP contribution < -0.4 is 27.8 Å². The second kappa shape index (κ2) is 8.08. The number of hydrogen-bond acceptors (Lipinski definition) is 8. The summed E-state index contributed by atoms with van der Waals surface area (Å²) in [5.74, 6) is 0. The second-order valence-electron chi connectivity index (χ2n) is 5.00. The van der Waals surface area contributed by atoms with Crippen molar-refractivity contribution in [2.24, 2.45) is 17.2 Å². The molecule has 1 fully saturated rings. The van der Waals surface area contributed by atoms with Gasteiger partial charge in [0.2, 0.25) is 0 Å². The molecule has 0 aliphatic carbocycles. The zero-order chi connectivity index (χ0) is 14.4. The van der Waals surface area contributed by atoms with Crippen molar-refractivity contribution in [3.63, 3.8) is 0 Å². The lowest BCUT2D eigenvalue weighted by molar-refractivity contribution is 0.0481. The van der Waals surface area contributed by atoms with E-state index in [4.69, 9.17) is 17.2 Å². The molecule has 5 atom stereocenters. The van der Waals surface area contributed by atoms with Gasteiger partial charge in [0.05, 0.1) is 24.6 Å². The lowest BCUT2D eigenvalue weighted by atomic mass is 10.3. The Hall–Kier alpha value is -0.320. The van der Waals surface area contributed by atoms with Gasteiger partial charge in [-0.25, -0.2) is 0 Å². The fraction of sp³-hybridized carbons (Fsp3) is 1.00. The first-order valence-corrected chi connectivity index (χ1v) is 6.79. The van der Waals surface area contributed by atoms with Crippen LogP contribution in [-0.2, 0) is 0 Å². The monoisotopic (exact) mass is 276 g/mol. The van der Waals surface area contributed by atoms with E-state index in [0.29, 0.717) is 6.54 Å². The molecule has 1 heterocycles. The van der Waals surface area contributed by atoms with Crippen molar-refractivity contribution in [3.8, 4) is 0 Å². The fourth-order valence-corrected chi connectivity index (χ4v) is 2.29. The highest BCUT2D eigenvalue weighted by atomic mass is 16.3. The number of nitrogens with zero attached hydrogens (tertiary/aromatic N) is 1. The van der Waals surface area contributed by atoms with Crippen LogP contribution in [0.2, 0.25) is 0 Å². The molecule has 8 nitrogen and oxygen atoms in total. The van der Waals surface area contributed by atoms with Crippen molar-refractivity contribution in [1.82, 2.24) is 15.5 Å². The van der Waals surface area contributed by atoms with Crippen molar-refractivity contribution in [2.75, 3.05) is 19.6 Å². The van der Waals surface area contributed by atoms with Crippen molar-refractivity contribution in [3.05, 3.63) is 0 Å². The van der Waals surface area contributed by atoms with Gasteiger partial charge in [0, 0.05) is 19.6 Å². The molecule has 0 radical (unpaired) electrons. The van der Waals surface area contributed by atoms with Crippen molar-refractivity contribution < 1.29 is 10.2 Å². The van der Waals surface area contributed by atoms with E-state index in [-0.39, 0.29) is 18.9 Å². The smallest absolute Gasteiger partial charge is 0.118 e. The highest BCUT2D eigenvalue weighted by Crippen LogP contribution is 2.17. The summed E-state index contributed by atoms with van der Waals surface area (Å²) < 4.78 is 0. The first-order valence-electron chi connectivity index (χ1n) is 6.79. The van der Waals surface area contributed by atoms with Gasteiger partial charge in [0.1, 0.15) is 6.23 Å². The molecular formula is C11H28N6O2. The number of nitrogens with one attached hydrogen (secondary N) is 2. The first kappa shape index (κ1) is 16.7. The number of rotatable bonds is 8. The number of aliphatic hydroxyl groups is 2. The third-order valence-electron chi connectivity index (χ3n) is 3.43. The van der Waals surface area contributed by atoms with Gasteiger partial charge in [-0.2, -0.15) is 0 Å². The summed E-state index contributed by atoms with van der Waals surface area (Å²) in [4.78, 5) is 2.11. The van der Waals surface area contributed by atoms with Crippen molar-refractivity contribution >= 4 is 0 Å². The summed E-state index contributed by atoms with van der Waals surface area (Å²) in [6.07, 6.45) is -0.118. The molecular weight excluding hydrogens is 248 g/mol. The van der Waals surface area contributed by atoms with E-state index in [9.17, 15) is 10.2 Å². The predicted molar refractivity (Wildman–Crippen MR) is 73.6 cm³/mol. The lowest BCUT2D eigenvalue weighted by Crippen LogP contribution is -2.62. The van der Waals surface area contributed by atoms with Gasteiger partial charge >= 0.3 is 0 Å². The van der Waals surface area contributed by atoms with Gasteiger partial charge in [0.25, 0.3) is 0 Å². The van der Waals surface area contributed by atoms with Gasteiger partial charge in [-0.05, 0) is 19.8 Å². The van der Waals surface area contributed by atoms with E-state index in [1.807, 2.05) is 0 Å². The Balaban J connectivity index is 2.57. The normalized spacial score (nSPS) is 27.2. The molecule has 8 heteroatoms. The first-order chi connectivity index (χ1) is 8.99. The van der Waals surface area contributed by atoms with Crippen molar-refractivity contribution in [1.29, 1.82) is 0 Å². The highest BCUT2D eigenvalue weighted by molar-refractivity contribution is 4.85. The minimum absolute atomic E-state index is 0.0146. The number of likely N-dealkylation sites (tertiary alicyclic amines) is 1. The van der Waals surface area contributed by atoms with Gasteiger partial charge in [-0.3, -0.25) is 15.5 Å². The molecule has 5 unspecified atom stereocenters. The summed E-state index contributed by atoms with van der Waals surface area (Å²) in [6, 6.07) is 0. The van der Waals surface area contributed by atoms with Crippen LogP contribution in [0.15, 0.2) is 0 Å². The Morgan fingerprint density at radius 1 is 1.32 bits per heavy atom. The summed E-state index contributed by atoms with van der Waals surface area (Å²) >= 11 is 0. The number of nitrogens with two attached hydrogens (primary N) is 3. The molecule has 0 saturated carbocycles. The maximum absolute atomic E-state index is 9.58. The van der Waals surface area contributed by atoms with Gasteiger partial charge in [-0.15, -0.1) is 0 Å². The molecule has 10 N–H and O–H groups in total. The van der Waals surface area contributed by atoms with E-state index in [1.54, 1.807) is 6.92 Å². The average molecular weight is 276 g/mol. The average Bonchev–Trinajstić information content (AvgIpc) is 2.83. The molecule has 0 aromatic carbocycles. The SMILES string of the molecule is CC(O)C(N)NC(CN)N1CCCC1NC(O)CN. The Morgan fingerprint density at radius 2 is 2.00 bits per heavy atom. The van der Waals surface area contributed by atoms with Crippen LogP contribution in [0.3, 0.4) is 0 Å². The van der Waals surface area contributed by atoms with E-state index < -0.39 is 18.5 Å². The van der Waals surface area contributed by atoms with Crippen LogP contribution in [0, 0.1) is 0 Å². The lowest BCUT2D eigenvalue weighted by Gasteiger charge is -2.36. The summed E-state index contributed by atoms with van der Waals surface area (Å²) in [7, 11) is 0. The van der Waals surface area contributed by atoms with Crippen LogP contribution >= 0.6 is 0 Å². The second-order valence-corrected chi connectivity index (χ2v) is 5.00. The van der Waals surface area contributed by atoms with Crippen LogP contribution in [0.1, 0.15) is 19.8 Å². The fourth-order valence-electron chi connectivity index (χ4n) is 2.29. The molecule has 1 saturated heterocycles. The molecule has 0 spiro atoms. The van der Waals surface area contributed by atoms with E-state index in [1.165, 1.54) is 0 Å².